The summed E-state index contributed by atoms with van der Waals surface area (Å²) in [5.41, 5.74) is 12.2. The quantitative estimate of drug-likeness (QED) is 0.105. The molecule has 4 unspecified atom stereocenters. The third kappa shape index (κ3) is 11.4. The van der Waals surface area contributed by atoms with E-state index in [-0.39, 0.29) is 30.8 Å². The highest BCUT2D eigenvalue weighted by atomic mass is 16.4. The summed E-state index contributed by atoms with van der Waals surface area (Å²) in [6.45, 7) is 0.351. The third-order valence-corrected chi connectivity index (χ3v) is 6.31. The fourth-order valence-electron chi connectivity index (χ4n) is 4.01. The van der Waals surface area contributed by atoms with Crippen molar-refractivity contribution in [3.63, 3.8) is 0 Å². The Hall–Kier alpha value is -4.69. The molecule has 0 saturated carbocycles. The zero-order chi connectivity index (χ0) is 31.2. The number of hydrogen-bond donors (Lipinski definition) is 9. The van der Waals surface area contributed by atoms with Crippen LogP contribution in [-0.4, -0.2) is 80.8 Å². The molecule has 0 aromatic heterocycles. The Bertz CT molecular complexity index is 1220. The number of phenols is 2. The molecule has 0 aliphatic rings. The second kappa shape index (κ2) is 16.5. The summed E-state index contributed by atoms with van der Waals surface area (Å²) in [6, 6.07) is 6.27. The van der Waals surface area contributed by atoms with Crippen molar-refractivity contribution >= 4 is 29.7 Å². The number of aliphatic carboxylic acids is 2. The Labute approximate surface area is 242 Å². The van der Waals surface area contributed by atoms with E-state index in [2.05, 4.69) is 16.0 Å². The summed E-state index contributed by atoms with van der Waals surface area (Å²) < 4.78 is 0. The smallest absolute Gasteiger partial charge is 0.326 e. The number of carboxylic acids is 2. The van der Waals surface area contributed by atoms with Crippen LogP contribution in [0.1, 0.15) is 36.8 Å². The molecule has 14 nitrogen and oxygen atoms in total. The van der Waals surface area contributed by atoms with Crippen LogP contribution in [0.25, 0.3) is 0 Å². The highest BCUT2D eigenvalue weighted by Crippen LogP contribution is 2.14. The summed E-state index contributed by atoms with van der Waals surface area (Å²) >= 11 is 0. The monoisotopic (exact) mass is 587 g/mol. The van der Waals surface area contributed by atoms with E-state index in [9.17, 15) is 39.3 Å². The van der Waals surface area contributed by atoms with E-state index < -0.39 is 60.2 Å². The first kappa shape index (κ1) is 33.5. The lowest BCUT2D eigenvalue weighted by atomic mass is 10.0. The van der Waals surface area contributed by atoms with Gasteiger partial charge in [0.1, 0.15) is 29.6 Å². The molecule has 14 heteroatoms. The highest BCUT2D eigenvalue weighted by molar-refractivity contribution is 5.95. The molecular formula is C28H37N5O9. The molecule has 2 aromatic rings. The molecule has 3 amide bonds. The number of amides is 3. The second-order valence-corrected chi connectivity index (χ2v) is 9.75. The lowest BCUT2D eigenvalue weighted by molar-refractivity contribution is -0.142. The number of rotatable bonds is 17. The van der Waals surface area contributed by atoms with E-state index >= 15 is 0 Å². The molecule has 228 valence electrons. The van der Waals surface area contributed by atoms with Crippen molar-refractivity contribution in [1.82, 2.24) is 16.0 Å². The predicted molar refractivity (Wildman–Crippen MR) is 150 cm³/mol. The first-order valence-electron chi connectivity index (χ1n) is 13.3. The van der Waals surface area contributed by atoms with Gasteiger partial charge in [-0.15, -0.1) is 0 Å². The molecule has 0 spiro atoms. The summed E-state index contributed by atoms with van der Waals surface area (Å²) in [4.78, 5) is 62.2. The molecular weight excluding hydrogens is 550 g/mol. The van der Waals surface area contributed by atoms with Crippen LogP contribution < -0.4 is 27.4 Å². The summed E-state index contributed by atoms with van der Waals surface area (Å²) in [5.74, 6) is -5.17. The minimum Gasteiger partial charge on any atom is -0.508 e. The first-order valence-corrected chi connectivity index (χ1v) is 13.3. The van der Waals surface area contributed by atoms with Crippen molar-refractivity contribution in [2.75, 3.05) is 6.54 Å². The van der Waals surface area contributed by atoms with Gasteiger partial charge in [0.05, 0.1) is 12.5 Å². The average molecular weight is 588 g/mol. The van der Waals surface area contributed by atoms with E-state index in [0.29, 0.717) is 30.5 Å². The van der Waals surface area contributed by atoms with E-state index in [0.717, 1.165) is 0 Å². The average Bonchev–Trinajstić information content (AvgIpc) is 2.93. The normalized spacial score (nSPS) is 13.7. The highest BCUT2D eigenvalue weighted by Gasteiger charge is 2.31. The van der Waals surface area contributed by atoms with Crippen LogP contribution in [0.3, 0.4) is 0 Å². The molecule has 0 fully saturated rings. The van der Waals surface area contributed by atoms with Crippen molar-refractivity contribution in [1.29, 1.82) is 0 Å². The van der Waals surface area contributed by atoms with Gasteiger partial charge >= 0.3 is 11.9 Å². The number of nitrogens with two attached hydrogens (primary N) is 2. The van der Waals surface area contributed by atoms with Crippen molar-refractivity contribution < 1.29 is 44.4 Å². The molecule has 4 atom stereocenters. The maximum atomic E-state index is 13.5. The van der Waals surface area contributed by atoms with E-state index in [1.807, 2.05) is 0 Å². The number of carboxylic acid groups (broad SMARTS) is 2. The minimum atomic E-state index is -1.46. The Balaban J connectivity index is 2.33. The Morgan fingerprint density at radius 1 is 0.667 bits per heavy atom. The van der Waals surface area contributed by atoms with E-state index in [1.165, 1.54) is 48.5 Å². The molecule has 2 rings (SSSR count). The zero-order valence-electron chi connectivity index (χ0n) is 22.9. The molecule has 0 heterocycles. The minimum absolute atomic E-state index is 0.0241. The fourth-order valence-corrected chi connectivity index (χ4v) is 4.01. The number of carbonyl (C=O) groups excluding carboxylic acids is 3. The number of carbonyl (C=O) groups is 5. The van der Waals surface area contributed by atoms with Gasteiger partial charge in [-0.1, -0.05) is 24.3 Å². The Morgan fingerprint density at radius 2 is 1.10 bits per heavy atom. The van der Waals surface area contributed by atoms with Gasteiger partial charge in [0.15, 0.2) is 0 Å². The molecule has 2 aromatic carbocycles. The number of phenolic OH excluding ortho intramolecular Hbond substituents is 2. The molecule has 0 aliphatic heterocycles. The van der Waals surface area contributed by atoms with Gasteiger partial charge in [-0.3, -0.25) is 19.2 Å². The second-order valence-electron chi connectivity index (χ2n) is 9.75. The summed E-state index contributed by atoms with van der Waals surface area (Å²) in [7, 11) is 0. The topological polar surface area (TPSA) is 254 Å². The lowest BCUT2D eigenvalue weighted by Gasteiger charge is -2.25. The van der Waals surface area contributed by atoms with Crippen LogP contribution >= 0.6 is 0 Å². The molecule has 42 heavy (non-hydrogen) atoms. The number of benzene rings is 2. The zero-order valence-corrected chi connectivity index (χ0v) is 22.9. The van der Waals surface area contributed by atoms with Gasteiger partial charge in [0, 0.05) is 12.8 Å². The maximum Gasteiger partial charge on any atom is 0.326 e. The number of unbranched alkanes of at least 4 members (excludes halogenated alkanes) is 1. The Kier molecular flexibility index (Phi) is 13.2. The summed E-state index contributed by atoms with van der Waals surface area (Å²) in [5, 5.41) is 45.2. The molecule has 0 aliphatic carbocycles. The van der Waals surface area contributed by atoms with Gasteiger partial charge in [-0.2, -0.15) is 0 Å². The van der Waals surface area contributed by atoms with Crippen LogP contribution in [0.4, 0.5) is 0 Å². The number of hydrogen-bond acceptors (Lipinski definition) is 9. The van der Waals surface area contributed by atoms with Crippen LogP contribution in [0, 0.1) is 0 Å². The van der Waals surface area contributed by atoms with Crippen LogP contribution in [0.5, 0.6) is 11.5 Å². The van der Waals surface area contributed by atoms with Gasteiger partial charge < -0.3 is 47.8 Å². The number of aromatic hydroxyl groups is 2. The maximum absolute atomic E-state index is 13.5. The van der Waals surface area contributed by atoms with Crippen molar-refractivity contribution in [3.05, 3.63) is 59.7 Å². The van der Waals surface area contributed by atoms with E-state index in [4.69, 9.17) is 16.6 Å². The van der Waals surface area contributed by atoms with Gasteiger partial charge in [-0.05, 0) is 61.2 Å². The molecule has 0 bridgehead atoms. The first-order chi connectivity index (χ1) is 19.9. The van der Waals surface area contributed by atoms with Crippen LogP contribution in [-0.2, 0) is 36.8 Å². The third-order valence-electron chi connectivity index (χ3n) is 6.31. The van der Waals surface area contributed by atoms with E-state index in [1.54, 1.807) is 0 Å². The van der Waals surface area contributed by atoms with Crippen molar-refractivity contribution in [2.24, 2.45) is 11.5 Å². The molecule has 0 radical (unpaired) electrons. The van der Waals surface area contributed by atoms with Crippen LogP contribution in [0.15, 0.2) is 48.5 Å². The van der Waals surface area contributed by atoms with Crippen molar-refractivity contribution in [3.8, 4) is 11.5 Å². The fraction of sp³-hybridized carbons (Fsp3) is 0.393. The largest absolute Gasteiger partial charge is 0.508 e. The SMILES string of the molecule is NCCCCC(NC(=O)C(Cc1ccc(O)cc1)NC(=O)C(Cc1ccc(O)cc1)NC(=O)C(N)CC(=O)O)C(=O)O. The number of nitrogens with one attached hydrogen (secondary N) is 3. The summed E-state index contributed by atoms with van der Waals surface area (Å²) in [6.07, 6.45) is 0.217. The predicted octanol–water partition coefficient (Wildman–Crippen LogP) is -0.647. The lowest BCUT2D eigenvalue weighted by Crippen LogP contribution is -2.58. The molecule has 11 N–H and O–H groups in total. The Morgan fingerprint density at radius 3 is 1.50 bits per heavy atom. The van der Waals surface area contributed by atoms with Gasteiger partial charge in [0.25, 0.3) is 0 Å². The van der Waals surface area contributed by atoms with Crippen LogP contribution in [0.2, 0.25) is 0 Å². The van der Waals surface area contributed by atoms with Gasteiger partial charge in [-0.25, -0.2) is 4.79 Å². The van der Waals surface area contributed by atoms with Crippen molar-refractivity contribution in [2.45, 2.75) is 62.7 Å². The molecule has 0 saturated heterocycles. The standard InChI is InChI=1S/C28H37N5O9/c29-12-2-1-3-21(28(41)42)31-26(39)23(14-17-6-10-19(35)11-7-17)33-27(40)22(13-16-4-8-18(34)9-5-16)32-25(38)20(30)15-24(36)37/h4-11,20-23,34-35H,1-3,12-15,29-30H2,(H,31,39)(H,32,38)(H,33,40)(H,36,37)(H,41,42). The van der Waals surface area contributed by atoms with Gasteiger partial charge in [0.2, 0.25) is 17.7 Å².